The lowest BCUT2D eigenvalue weighted by Gasteiger charge is -2.46. The van der Waals surface area contributed by atoms with Gasteiger partial charge in [-0.3, -0.25) is 0 Å². The number of hydrogen-bond acceptors (Lipinski definition) is 4. The summed E-state index contributed by atoms with van der Waals surface area (Å²) in [6, 6.07) is 25.0. The fourth-order valence-corrected chi connectivity index (χ4v) is 5.08. The minimum absolute atomic E-state index is 0.184. The molecule has 0 radical (unpaired) electrons. The van der Waals surface area contributed by atoms with Crippen LogP contribution in [0.3, 0.4) is 0 Å². The number of alkyl halides is 6. The highest BCUT2D eigenvalue weighted by Gasteiger charge is 2.42. The van der Waals surface area contributed by atoms with E-state index >= 15 is 0 Å². The maximum atomic E-state index is 13.5. The molecule has 0 bridgehead atoms. The fraction of sp³-hybridized carbons (Fsp3) is 0.241. The third-order valence-electron chi connectivity index (χ3n) is 6.74. The fourth-order valence-electron chi connectivity index (χ4n) is 5.08. The van der Waals surface area contributed by atoms with Crippen molar-refractivity contribution in [2.75, 3.05) is 22.9 Å². The van der Waals surface area contributed by atoms with Crippen LogP contribution in [0, 0.1) is 0 Å². The summed E-state index contributed by atoms with van der Waals surface area (Å²) in [5.74, 6) is -0.356. The summed E-state index contributed by atoms with van der Waals surface area (Å²) in [7, 11) is 0. The van der Waals surface area contributed by atoms with E-state index in [4.69, 9.17) is 0 Å². The number of nitrogens with zero attached hydrogens (tertiary/aromatic N) is 2. The maximum absolute atomic E-state index is 13.5. The average Bonchev–Trinajstić information content (AvgIpc) is 2.88. The van der Waals surface area contributed by atoms with Crippen molar-refractivity contribution in [1.82, 2.24) is 0 Å². The van der Waals surface area contributed by atoms with Gasteiger partial charge in [-0.15, -0.1) is 13.2 Å². The molecule has 0 spiro atoms. The van der Waals surface area contributed by atoms with Crippen molar-refractivity contribution in [2.24, 2.45) is 0 Å². The second-order valence-electron chi connectivity index (χ2n) is 9.36. The summed E-state index contributed by atoms with van der Waals surface area (Å²) >= 11 is 0. The molecule has 204 valence electrons. The third kappa shape index (κ3) is 5.90. The summed E-state index contributed by atoms with van der Waals surface area (Å²) in [4.78, 5) is 3.49. The van der Waals surface area contributed by atoms with Crippen molar-refractivity contribution < 1.29 is 36.2 Å². The third-order valence-corrected chi connectivity index (χ3v) is 6.74. The Morgan fingerprint density at radius 2 is 1.49 bits per heavy atom. The standard InChI is InChI=1S/C29H24F6N2O2/c30-28(31,32)27(38)18-37-25-14-4-3-13-24(25)36(16-19-7-5-10-21(15-19)39-29(33,34)35)17-26(37)23-12-6-9-20-8-1-2-11-22(20)23/h1-15,26-27,38H,16-18H2/t26-,27+/m0/s1. The monoisotopic (exact) mass is 546 g/mol. The lowest BCUT2D eigenvalue weighted by molar-refractivity contribution is -0.274. The van der Waals surface area contributed by atoms with Crippen molar-refractivity contribution in [3.05, 3.63) is 102 Å². The Hall–Kier alpha value is -3.92. The van der Waals surface area contributed by atoms with Crippen LogP contribution in [-0.2, 0) is 6.54 Å². The number of aliphatic hydroxyl groups excluding tert-OH is 1. The molecule has 1 N–H and O–H groups in total. The van der Waals surface area contributed by atoms with Gasteiger partial charge in [0.1, 0.15) is 5.75 Å². The number of aliphatic hydroxyl groups is 1. The van der Waals surface area contributed by atoms with Crippen LogP contribution < -0.4 is 14.5 Å². The number of anilines is 2. The van der Waals surface area contributed by atoms with Crippen LogP contribution in [0.15, 0.2) is 91.0 Å². The summed E-state index contributed by atoms with van der Waals surface area (Å²) in [6.07, 6.45) is -12.2. The molecule has 10 heteroatoms. The SMILES string of the molecule is O[C@H](CN1c2ccccc2N(Cc2cccc(OC(F)(F)F)c2)C[C@H]1c1cccc2ccccc12)C(F)(F)F. The zero-order chi connectivity index (χ0) is 27.8. The molecule has 0 saturated carbocycles. The minimum atomic E-state index is -4.84. The van der Waals surface area contributed by atoms with Crippen LogP contribution >= 0.6 is 0 Å². The molecule has 1 aliphatic rings. The molecule has 0 aliphatic carbocycles. The van der Waals surface area contributed by atoms with Gasteiger partial charge in [-0.25, -0.2) is 0 Å². The zero-order valence-electron chi connectivity index (χ0n) is 20.5. The number of β-amino-alcohol motifs (C(OH)–C–C–N with tert-alkyl or cyclic N) is 1. The number of benzene rings is 4. The molecule has 2 atom stereocenters. The van der Waals surface area contributed by atoms with Crippen molar-refractivity contribution in [3.8, 4) is 5.75 Å². The number of fused-ring (bicyclic) bond motifs is 2. The van der Waals surface area contributed by atoms with Crippen LogP contribution in [0.25, 0.3) is 10.8 Å². The first kappa shape index (κ1) is 26.7. The van der Waals surface area contributed by atoms with Gasteiger partial charge in [0, 0.05) is 13.1 Å². The second-order valence-corrected chi connectivity index (χ2v) is 9.36. The molecule has 0 fully saturated rings. The van der Waals surface area contributed by atoms with Gasteiger partial charge in [0.2, 0.25) is 0 Å². The van der Waals surface area contributed by atoms with E-state index in [1.54, 1.807) is 35.2 Å². The first-order valence-electron chi connectivity index (χ1n) is 12.2. The summed E-state index contributed by atoms with van der Waals surface area (Å²) in [5.41, 5.74) is 2.39. The van der Waals surface area contributed by atoms with E-state index in [0.29, 0.717) is 16.9 Å². The summed E-state index contributed by atoms with van der Waals surface area (Å²) in [6.45, 7) is -0.278. The number of ether oxygens (including phenoxy) is 1. The van der Waals surface area contributed by atoms with E-state index in [-0.39, 0.29) is 18.8 Å². The van der Waals surface area contributed by atoms with Crippen molar-refractivity contribution in [3.63, 3.8) is 0 Å². The van der Waals surface area contributed by atoms with Crippen LogP contribution in [0.1, 0.15) is 17.2 Å². The maximum Gasteiger partial charge on any atom is 0.573 e. The Labute approximate surface area is 220 Å². The van der Waals surface area contributed by atoms with Gasteiger partial charge < -0.3 is 19.6 Å². The zero-order valence-corrected chi connectivity index (χ0v) is 20.5. The summed E-state index contributed by atoms with van der Waals surface area (Å²) in [5, 5.41) is 11.8. The molecule has 5 rings (SSSR count). The van der Waals surface area contributed by atoms with E-state index < -0.39 is 31.2 Å². The summed E-state index contributed by atoms with van der Waals surface area (Å²) < 4.78 is 82.9. The van der Waals surface area contributed by atoms with E-state index in [0.717, 1.165) is 16.3 Å². The average molecular weight is 547 g/mol. The molecule has 4 aromatic rings. The minimum Gasteiger partial charge on any atom is -0.406 e. The first-order valence-corrected chi connectivity index (χ1v) is 12.2. The van der Waals surface area contributed by atoms with Crippen LogP contribution in [0.2, 0.25) is 0 Å². The number of para-hydroxylation sites is 2. The van der Waals surface area contributed by atoms with Gasteiger partial charge in [0.25, 0.3) is 0 Å². The molecule has 0 aromatic heterocycles. The Bertz CT molecular complexity index is 1450. The Balaban J connectivity index is 1.58. The molecule has 39 heavy (non-hydrogen) atoms. The molecule has 0 unspecified atom stereocenters. The highest BCUT2D eigenvalue weighted by molar-refractivity contribution is 5.87. The van der Waals surface area contributed by atoms with Crippen LogP contribution in [0.4, 0.5) is 37.7 Å². The van der Waals surface area contributed by atoms with Gasteiger partial charge >= 0.3 is 12.5 Å². The molecule has 4 nitrogen and oxygen atoms in total. The van der Waals surface area contributed by atoms with E-state index in [1.165, 1.54) is 18.2 Å². The molecule has 4 aromatic carbocycles. The highest BCUT2D eigenvalue weighted by atomic mass is 19.4. The Morgan fingerprint density at radius 3 is 2.23 bits per heavy atom. The first-order chi connectivity index (χ1) is 18.5. The molecule has 1 heterocycles. The second kappa shape index (κ2) is 10.3. The van der Waals surface area contributed by atoms with Gasteiger partial charge in [-0.05, 0) is 46.2 Å². The predicted molar refractivity (Wildman–Crippen MR) is 137 cm³/mol. The van der Waals surface area contributed by atoms with E-state index in [1.807, 2.05) is 47.4 Å². The lowest BCUT2D eigenvalue weighted by atomic mass is 9.94. The largest absolute Gasteiger partial charge is 0.573 e. The van der Waals surface area contributed by atoms with Crippen LogP contribution in [0.5, 0.6) is 5.75 Å². The molecule has 1 aliphatic heterocycles. The predicted octanol–water partition coefficient (Wildman–Crippen LogP) is 7.23. The Morgan fingerprint density at radius 1 is 0.821 bits per heavy atom. The van der Waals surface area contributed by atoms with Gasteiger partial charge in [0.05, 0.1) is 24.0 Å². The van der Waals surface area contributed by atoms with Gasteiger partial charge in [0.15, 0.2) is 6.10 Å². The molecule has 0 saturated heterocycles. The number of halogens is 6. The van der Waals surface area contributed by atoms with Crippen molar-refractivity contribution in [2.45, 2.75) is 31.2 Å². The quantitative estimate of drug-likeness (QED) is 0.259. The normalized spacial score (nSPS) is 16.7. The smallest absolute Gasteiger partial charge is 0.406 e. The van der Waals surface area contributed by atoms with E-state index in [9.17, 15) is 31.4 Å². The van der Waals surface area contributed by atoms with Crippen molar-refractivity contribution in [1.29, 1.82) is 0 Å². The topological polar surface area (TPSA) is 35.9 Å². The number of hydrogen-bond donors (Lipinski definition) is 1. The highest BCUT2D eigenvalue weighted by Crippen LogP contribution is 2.44. The van der Waals surface area contributed by atoms with E-state index in [2.05, 4.69) is 4.74 Å². The van der Waals surface area contributed by atoms with Gasteiger partial charge in [-0.1, -0.05) is 66.7 Å². The van der Waals surface area contributed by atoms with Gasteiger partial charge in [-0.2, -0.15) is 13.2 Å². The van der Waals surface area contributed by atoms with Crippen LogP contribution in [-0.4, -0.2) is 36.8 Å². The molecule has 0 amide bonds. The number of rotatable bonds is 6. The lowest BCUT2D eigenvalue weighted by Crippen LogP contribution is -2.49. The molecular weight excluding hydrogens is 522 g/mol. The molecular formula is C29H24F6N2O2. The van der Waals surface area contributed by atoms with Crippen molar-refractivity contribution >= 4 is 22.1 Å². The Kier molecular flexibility index (Phi) is 7.07.